The molecule has 0 aliphatic carbocycles. The summed E-state index contributed by atoms with van der Waals surface area (Å²) in [5.41, 5.74) is 2.66. The first-order chi connectivity index (χ1) is 11.7. The number of hydrogen-bond donors (Lipinski definition) is 2. The van der Waals surface area contributed by atoms with Gasteiger partial charge in [-0.2, -0.15) is 0 Å². The summed E-state index contributed by atoms with van der Waals surface area (Å²) < 4.78 is 9.09. The zero-order valence-electron chi connectivity index (χ0n) is 12.1. The Balaban J connectivity index is 1.58. The molecule has 0 fully saturated rings. The molecule has 0 aliphatic rings. The van der Waals surface area contributed by atoms with Crippen LogP contribution < -0.4 is 4.72 Å². The van der Waals surface area contributed by atoms with Crippen molar-refractivity contribution >= 4 is 56.2 Å². The maximum absolute atomic E-state index is 6.15. The van der Waals surface area contributed by atoms with Crippen molar-refractivity contribution in [3.05, 3.63) is 58.2 Å². The van der Waals surface area contributed by atoms with E-state index in [2.05, 4.69) is 35.8 Å². The van der Waals surface area contributed by atoms with Gasteiger partial charge in [0.05, 0.1) is 21.7 Å². The molecule has 120 valence electrons. The van der Waals surface area contributed by atoms with Gasteiger partial charge in [0, 0.05) is 11.0 Å². The molecule has 2 N–H and O–H groups in total. The van der Waals surface area contributed by atoms with Crippen molar-refractivity contribution in [1.82, 2.24) is 15.1 Å². The number of halogens is 2. The highest BCUT2D eigenvalue weighted by Gasteiger charge is 2.11. The van der Waals surface area contributed by atoms with Crippen LogP contribution in [0, 0.1) is 0 Å². The summed E-state index contributed by atoms with van der Waals surface area (Å²) >= 11 is 10.9. The number of fused-ring (bicyclic) bond motifs is 1. The van der Waals surface area contributed by atoms with Crippen LogP contribution in [0.4, 0.5) is 5.69 Å². The van der Waals surface area contributed by atoms with Gasteiger partial charge in [0.1, 0.15) is 4.60 Å². The summed E-state index contributed by atoms with van der Waals surface area (Å²) in [7, 11) is 0. The quantitative estimate of drug-likeness (QED) is 0.410. The first-order valence-electron chi connectivity index (χ1n) is 6.99. The second kappa shape index (κ2) is 6.51. The molecule has 0 radical (unpaired) electrons. The third kappa shape index (κ3) is 3.15. The van der Waals surface area contributed by atoms with Gasteiger partial charge in [-0.15, -0.1) is 0 Å². The lowest BCUT2D eigenvalue weighted by Crippen LogP contribution is -1.87. The average Bonchev–Trinajstić information content (AvgIpc) is 3.19. The van der Waals surface area contributed by atoms with Gasteiger partial charge in [0.2, 0.25) is 5.76 Å². The molecular formula is C16H10BrClN4OS. The predicted molar refractivity (Wildman–Crippen MR) is 100 cm³/mol. The van der Waals surface area contributed by atoms with Gasteiger partial charge >= 0.3 is 0 Å². The van der Waals surface area contributed by atoms with E-state index in [9.17, 15) is 0 Å². The zero-order valence-corrected chi connectivity index (χ0v) is 15.2. The first-order valence-corrected chi connectivity index (χ1v) is 8.97. The largest absolute Gasteiger partial charge is 0.352 e. The SMILES string of the molecule is Clc1ccccc1NSc1ccc2nc(-c3cc(Br)no3)[nH]c2c1. The molecule has 0 saturated heterocycles. The van der Waals surface area contributed by atoms with E-state index in [1.165, 1.54) is 11.9 Å². The van der Waals surface area contributed by atoms with Gasteiger partial charge in [-0.05, 0) is 58.2 Å². The molecular weight excluding hydrogens is 412 g/mol. The average molecular weight is 422 g/mol. The number of para-hydroxylation sites is 1. The number of aromatic nitrogens is 3. The molecule has 0 atom stereocenters. The molecule has 0 saturated carbocycles. The third-order valence-electron chi connectivity index (χ3n) is 3.32. The molecule has 24 heavy (non-hydrogen) atoms. The van der Waals surface area contributed by atoms with Crippen molar-refractivity contribution in [1.29, 1.82) is 0 Å². The summed E-state index contributed by atoms with van der Waals surface area (Å²) in [5, 5.41) is 4.49. The van der Waals surface area contributed by atoms with Crippen molar-refractivity contribution in [2.75, 3.05) is 4.72 Å². The predicted octanol–water partition coefficient (Wildman–Crippen LogP) is 5.75. The summed E-state index contributed by atoms with van der Waals surface area (Å²) in [4.78, 5) is 8.79. The van der Waals surface area contributed by atoms with Crippen molar-refractivity contribution in [2.24, 2.45) is 0 Å². The summed E-state index contributed by atoms with van der Waals surface area (Å²) in [6.07, 6.45) is 0. The van der Waals surface area contributed by atoms with Crippen molar-refractivity contribution in [2.45, 2.75) is 4.90 Å². The van der Waals surface area contributed by atoms with Gasteiger partial charge in [0.25, 0.3) is 0 Å². The fourth-order valence-corrected chi connectivity index (χ4v) is 3.43. The maximum atomic E-state index is 6.15. The van der Waals surface area contributed by atoms with Crippen molar-refractivity contribution < 1.29 is 4.52 Å². The summed E-state index contributed by atoms with van der Waals surface area (Å²) in [5.74, 6) is 1.23. The number of nitrogens with one attached hydrogen (secondary N) is 2. The number of aromatic amines is 1. The van der Waals surface area contributed by atoms with Gasteiger partial charge in [-0.1, -0.05) is 28.9 Å². The number of H-pyrrole nitrogens is 1. The zero-order chi connectivity index (χ0) is 16.5. The number of anilines is 1. The van der Waals surface area contributed by atoms with Crippen LogP contribution in [-0.2, 0) is 0 Å². The molecule has 2 aromatic carbocycles. The van der Waals surface area contributed by atoms with E-state index in [1.807, 2.05) is 42.5 Å². The van der Waals surface area contributed by atoms with Crippen LogP contribution in [0.3, 0.4) is 0 Å². The Kier molecular flexibility index (Phi) is 4.22. The number of rotatable bonds is 4. The minimum absolute atomic E-state index is 0.585. The van der Waals surface area contributed by atoms with Gasteiger partial charge in [-0.3, -0.25) is 0 Å². The van der Waals surface area contributed by atoms with E-state index in [4.69, 9.17) is 16.1 Å². The number of imidazole rings is 1. The highest BCUT2D eigenvalue weighted by atomic mass is 79.9. The Morgan fingerprint density at radius 3 is 2.83 bits per heavy atom. The monoisotopic (exact) mass is 420 g/mol. The standard InChI is InChI=1S/C16H10BrClN4OS/c17-15-8-14(23-21-15)16-19-12-6-5-9(7-13(12)20-16)24-22-11-4-2-1-3-10(11)18/h1-8,22H,(H,19,20). The Morgan fingerprint density at radius 1 is 1.17 bits per heavy atom. The van der Waals surface area contributed by atoms with E-state index >= 15 is 0 Å². The van der Waals surface area contributed by atoms with E-state index in [0.29, 0.717) is 21.2 Å². The van der Waals surface area contributed by atoms with E-state index < -0.39 is 0 Å². The Labute approximate surface area is 155 Å². The van der Waals surface area contributed by atoms with E-state index in [0.717, 1.165) is 21.6 Å². The van der Waals surface area contributed by atoms with Crippen LogP contribution in [-0.4, -0.2) is 15.1 Å². The molecule has 0 amide bonds. The van der Waals surface area contributed by atoms with Gasteiger partial charge in [-0.25, -0.2) is 4.98 Å². The molecule has 8 heteroatoms. The number of nitrogens with zero attached hydrogens (tertiary/aromatic N) is 2. The Bertz CT molecular complexity index is 1020. The summed E-state index contributed by atoms with van der Waals surface area (Å²) in [6.45, 7) is 0. The van der Waals surface area contributed by atoms with E-state index in [-0.39, 0.29) is 0 Å². The van der Waals surface area contributed by atoms with Crippen LogP contribution >= 0.6 is 39.5 Å². The minimum atomic E-state index is 0.585. The number of hydrogen-bond acceptors (Lipinski definition) is 5. The van der Waals surface area contributed by atoms with Crippen LogP contribution in [0.1, 0.15) is 0 Å². The maximum Gasteiger partial charge on any atom is 0.203 e. The molecule has 0 spiro atoms. The molecule has 2 heterocycles. The van der Waals surface area contributed by atoms with Crippen LogP contribution in [0.25, 0.3) is 22.6 Å². The number of benzene rings is 2. The highest BCUT2D eigenvalue weighted by Crippen LogP contribution is 2.29. The fraction of sp³-hybridized carbons (Fsp3) is 0. The van der Waals surface area contributed by atoms with Crippen molar-refractivity contribution in [3.8, 4) is 11.6 Å². The molecule has 0 aliphatic heterocycles. The van der Waals surface area contributed by atoms with Crippen LogP contribution in [0.5, 0.6) is 0 Å². The molecule has 0 unspecified atom stereocenters. The van der Waals surface area contributed by atoms with Gasteiger partial charge < -0.3 is 14.2 Å². The third-order valence-corrected chi connectivity index (χ3v) is 4.84. The summed E-state index contributed by atoms with van der Waals surface area (Å²) in [6, 6.07) is 15.4. The first kappa shape index (κ1) is 15.6. The normalized spacial score (nSPS) is 11.1. The smallest absolute Gasteiger partial charge is 0.203 e. The molecule has 2 aromatic heterocycles. The second-order valence-electron chi connectivity index (χ2n) is 4.96. The lowest BCUT2D eigenvalue weighted by molar-refractivity contribution is 0.426. The lowest BCUT2D eigenvalue weighted by atomic mass is 10.3. The topological polar surface area (TPSA) is 66.7 Å². The van der Waals surface area contributed by atoms with Crippen molar-refractivity contribution in [3.63, 3.8) is 0 Å². The Hall–Kier alpha value is -1.96. The van der Waals surface area contributed by atoms with Crippen LogP contribution in [0.2, 0.25) is 5.02 Å². The van der Waals surface area contributed by atoms with E-state index in [1.54, 1.807) is 6.07 Å². The molecule has 0 bridgehead atoms. The molecule has 4 aromatic rings. The molecule has 5 nitrogen and oxygen atoms in total. The second-order valence-corrected chi connectivity index (χ2v) is 7.06. The van der Waals surface area contributed by atoms with Gasteiger partial charge in [0.15, 0.2) is 5.82 Å². The fourth-order valence-electron chi connectivity index (χ4n) is 2.19. The minimum Gasteiger partial charge on any atom is -0.352 e. The lowest BCUT2D eigenvalue weighted by Gasteiger charge is -2.06. The van der Waals surface area contributed by atoms with Crippen LogP contribution in [0.15, 0.2) is 62.6 Å². The molecule has 4 rings (SSSR count). The Morgan fingerprint density at radius 2 is 2.04 bits per heavy atom. The highest BCUT2D eigenvalue weighted by molar-refractivity contribution is 9.10.